The second-order valence-corrected chi connectivity index (χ2v) is 6.09. The van der Waals surface area contributed by atoms with Crippen molar-refractivity contribution in [1.82, 2.24) is 5.32 Å². The Morgan fingerprint density at radius 3 is 2.16 bits per heavy atom. The van der Waals surface area contributed by atoms with Crippen LogP contribution >= 0.6 is 0 Å². The average molecular weight is 256 g/mol. The van der Waals surface area contributed by atoms with Gasteiger partial charge in [-0.1, -0.05) is 12.5 Å². The smallest absolute Gasteiger partial charge is 0.0703 e. The van der Waals surface area contributed by atoms with Gasteiger partial charge in [-0.05, 0) is 68.4 Å². The Bertz CT molecular complexity index is 493. The van der Waals surface area contributed by atoms with Crippen LogP contribution in [0.3, 0.4) is 0 Å². The van der Waals surface area contributed by atoms with E-state index in [2.05, 4.69) is 45.1 Å². The zero-order chi connectivity index (χ0) is 14.0. The van der Waals surface area contributed by atoms with Crippen LogP contribution in [-0.2, 0) is 6.54 Å². The summed E-state index contributed by atoms with van der Waals surface area (Å²) in [7, 11) is 0. The van der Waals surface area contributed by atoms with E-state index in [1.54, 1.807) is 0 Å². The lowest BCUT2D eigenvalue weighted by atomic mass is 9.70. The van der Waals surface area contributed by atoms with Gasteiger partial charge in [0.2, 0.25) is 0 Å². The van der Waals surface area contributed by atoms with E-state index < -0.39 is 0 Å². The predicted octanol–water partition coefficient (Wildman–Crippen LogP) is 3.70. The zero-order valence-electron chi connectivity index (χ0n) is 12.6. The van der Waals surface area contributed by atoms with Crippen LogP contribution in [0.25, 0.3) is 0 Å². The fourth-order valence-electron chi connectivity index (χ4n) is 2.92. The van der Waals surface area contributed by atoms with E-state index >= 15 is 0 Å². The average Bonchev–Trinajstić information content (AvgIpc) is 2.34. The first-order valence-electron chi connectivity index (χ1n) is 7.17. The molecule has 2 heteroatoms. The quantitative estimate of drug-likeness (QED) is 0.891. The van der Waals surface area contributed by atoms with Crippen molar-refractivity contribution >= 4 is 0 Å². The van der Waals surface area contributed by atoms with Crippen molar-refractivity contribution in [2.45, 2.75) is 53.5 Å². The third kappa shape index (κ3) is 2.67. The van der Waals surface area contributed by atoms with Crippen molar-refractivity contribution in [3.8, 4) is 6.07 Å². The maximum atomic E-state index is 9.24. The molecule has 0 spiro atoms. The van der Waals surface area contributed by atoms with Gasteiger partial charge in [0.05, 0.1) is 11.5 Å². The van der Waals surface area contributed by atoms with Gasteiger partial charge in [0.1, 0.15) is 0 Å². The number of aryl methyl sites for hydroxylation is 2. The highest BCUT2D eigenvalue weighted by molar-refractivity contribution is 5.43. The van der Waals surface area contributed by atoms with Gasteiger partial charge in [0, 0.05) is 13.1 Å². The van der Waals surface area contributed by atoms with Gasteiger partial charge in [0.25, 0.3) is 0 Å². The van der Waals surface area contributed by atoms with Crippen LogP contribution in [0, 0.1) is 44.4 Å². The summed E-state index contributed by atoms with van der Waals surface area (Å²) in [5.74, 6) is 0. The first kappa shape index (κ1) is 14.1. The van der Waals surface area contributed by atoms with Crippen molar-refractivity contribution in [2.75, 3.05) is 6.54 Å². The molecule has 0 saturated heterocycles. The lowest BCUT2D eigenvalue weighted by molar-refractivity contribution is 0.206. The van der Waals surface area contributed by atoms with E-state index in [0.717, 1.165) is 25.9 Å². The third-order valence-electron chi connectivity index (χ3n) is 4.83. The molecule has 0 radical (unpaired) electrons. The lowest BCUT2D eigenvalue weighted by Crippen LogP contribution is -2.38. The van der Waals surface area contributed by atoms with E-state index in [4.69, 9.17) is 0 Å². The van der Waals surface area contributed by atoms with Gasteiger partial charge in [-0.2, -0.15) is 5.26 Å². The minimum Gasteiger partial charge on any atom is -0.311 e. The molecule has 19 heavy (non-hydrogen) atoms. The molecule has 0 amide bonds. The Kier molecular flexibility index (Phi) is 3.96. The molecule has 0 aliphatic heterocycles. The van der Waals surface area contributed by atoms with Crippen molar-refractivity contribution < 1.29 is 0 Å². The van der Waals surface area contributed by atoms with Gasteiger partial charge in [0.15, 0.2) is 0 Å². The summed E-state index contributed by atoms with van der Waals surface area (Å²) in [6.07, 6.45) is 3.32. The number of rotatable bonds is 4. The van der Waals surface area contributed by atoms with Crippen molar-refractivity contribution in [2.24, 2.45) is 5.41 Å². The third-order valence-corrected chi connectivity index (χ3v) is 4.83. The standard InChI is InChI=1S/C17H24N2/c1-12-8-13(2)15(4)16(14(12)3)9-19-11-17(10-18)6-5-7-17/h8,19H,5-7,9,11H2,1-4H3. The lowest BCUT2D eigenvalue weighted by Gasteiger charge is -2.35. The topological polar surface area (TPSA) is 35.8 Å². The molecule has 2 nitrogen and oxygen atoms in total. The molecule has 1 saturated carbocycles. The van der Waals surface area contributed by atoms with E-state index in [9.17, 15) is 5.26 Å². The Balaban J connectivity index is 2.06. The highest BCUT2D eigenvalue weighted by Crippen LogP contribution is 2.39. The van der Waals surface area contributed by atoms with Crippen LogP contribution in [0.1, 0.15) is 47.1 Å². The van der Waals surface area contributed by atoms with Crippen LogP contribution in [-0.4, -0.2) is 6.54 Å². The summed E-state index contributed by atoms with van der Waals surface area (Å²) >= 11 is 0. The number of hydrogen-bond acceptors (Lipinski definition) is 2. The molecular weight excluding hydrogens is 232 g/mol. The van der Waals surface area contributed by atoms with Crippen LogP contribution in [0.4, 0.5) is 0 Å². The maximum absolute atomic E-state index is 9.24. The summed E-state index contributed by atoms with van der Waals surface area (Å²) in [5, 5.41) is 12.8. The molecule has 1 aromatic rings. The number of nitriles is 1. The molecule has 0 heterocycles. The maximum Gasteiger partial charge on any atom is 0.0703 e. The molecule has 1 N–H and O–H groups in total. The monoisotopic (exact) mass is 256 g/mol. The summed E-state index contributed by atoms with van der Waals surface area (Å²) in [6.45, 7) is 10.4. The number of hydrogen-bond donors (Lipinski definition) is 1. The van der Waals surface area contributed by atoms with Crippen LogP contribution in [0.2, 0.25) is 0 Å². The predicted molar refractivity (Wildman–Crippen MR) is 79.0 cm³/mol. The Morgan fingerprint density at radius 2 is 1.74 bits per heavy atom. The van der Waals surface area contributed by atoms with Crippen LogP contribution in [0.15, 0.2) is 6.07 Å². The van der Waals surface area contributed by atoms with Crippen LogP contribution in [0.5, 0.6) is 0 Å². The van der Waals surface area contributed by atoms with Gasteiger partial charge in [-0.25, -0.2) is 0 Å². The summed E-state index contributed by atoms with van der Waals surface area (Å²) in [5.41, 5.74) is 6.81. The van der Waals surface area contributed by atoms with Crippen molar-refractivity contribution in [3.63, 3.8) is 0 Å². The van der Waals surface area contributed by atoms with E-state index in [1.807, 2.05) is 0 Å². The fourth-order valence-corrected chi connectivity index (χ4v) is 2.92. The van der Waals surface area contributed by atoms with Crippen molar-refractivity contribution in [1.29, 1.82) is 5.26 Å². The van der Waals surface area contributed by atoms with Gasteiger partial charge in [-0.15, -0.1) is 0 Å². The molecule has 0 atom stereocenters. The molecule has 0 unspecified atom stereocenters. The highest BCUT2D eigenvalue weighted by atomic mass is 14.9. The van der Waals surface area contributed by atoms with Crippen LogP contribution < -0.4 is 5.32 Å². The molecule has 0 aromatic heterocycles. The number of nitrogens with zero attached hydrogens (tertiary/aromatic N) is 1. The zero-order valence-corrected chi connectivity index (χ0v) is 12.6. The molecule has 1 aliphatic rings. The van der Waals surface area contributed by atoms with Crippen molar-refractivity contribution in [3.05, 3.63) is 33.9 Å². The fraction of sp³-hybridized carbons (Fsp3) is 0.588. The number of benzene rings is 1. The molecule has 1 aliphatic carbocycles. The highest BCUT2D eigenvalue weighted by Gasteiger charge is 2.36. The van der Waals surface area contributed by atoms with Gasteiger partial charge >= 0.3 is 0 Å². The second-order valence-electron chi connectivity index (χ2n) is 6.09. The minimum absolute atomic E-state index is 0.0827. The Hall–Kier alpha value is -1.33. The molecule has 1 fully saturated rings. The normalized spacial score (nSPS) is 16.8. The molecule has 1 aromatic carbocycles. The van der Waals surface area contributed by atoms with E-state index in [-0.39, 0.29) is 5.41 Å². The van der Waals surface area contributed by atoms with E-state index in [1.165, 1.54) is 34.2 Å². The minimum atomic E-state index is -0.0827. The first-order chi connectivity index (χ1) is 8.99. The molecule has 0 bridgehead atoms. The summed E-state index contributed by atoms with van der Waals surface area (Å²) < 4.78 is 0. The largest absolute Gasteiger partial charge is 0.311 e. The Labute approximate surface area is 116 Å². The molecular formula is C17H24N2. The summed E-state index contributed by atoms with van der Waals surface area (Å²) in [6, 6.07) is 4.75. The molecule has 102 valence electrons. The molecule has 2 rings (SSSR count). The van der Waals surface area contributed by atoms with E-state index in [0.29, 0.717) is 0 Å². The first-order valence-corrected chi connectivity index (χ1v) is 7.17. The summed E-state index contributed by atoms with van der Waals surface area (Å²) in [4.78, 5) is 0. The Morgan fingerprint density at radius 1 is 1.16 bits per heavy atom. The number of nitrogens with one attached hydrogen (secondary N) is 1. The SMILES string of the molecule is Cc1cc(C)c(C)c(CNCC2(C#N)CCC2)c1C. The van der Waals surface area contributed by atoms with Gasteiger partial charge < -0.3 is 5.32 Å². The van der Waals surface area contributed by atoms with Gasteiger partial charge in [-0.3, -0.25) is 0 Å². The second kappa shape index (κ2) is 5.35.